The molecule has 2 heterocycles. The van der Waals surface area contributed by atoms with Crippen molar-refractivity contribution in [2.45, 2.75) is 0 Å². The molecular weight excluding hydrogens is 378 g/mol. The van der Waals surface area contributed by atoms with E-state index in [0.717, 1.165) is 35.9 Å². The van der Waals surface area contributed by atoms with Crippen LogP contribution in [-0.4, -0.2) is 44.2 Å². The van der Waals surface area contributed by atoms with E-state index in [1.807, 2.05) is 71.6 Å². The van der Waals surface area contributed by atoms with Crippen LogP contribution < -0.4 is 19.3 Å². The van der Waals surface area contributed by atoms with Crippen LogP contribution in [0.5, 0.6) is 17.2 Å². The Kier molecular flexibility index (Phi) is 4.67. The summed E-state index contributed by atoms with van der Waals surface area (Å²) in [5, 5.41) is 0. The van der Waals surface area contributed by atoms with Crippen molar-refractivity contribution in [2.75, 3.05) is 43.1 Å². The zero-order chi connectivity index (χ0) is 20.5. The van der Waals surface area contributed by atoms with E-state index in [0.29, 0.717) is 24.6 Å². The summed E-state index contributed by atoms with van der Waals surface area (Å²) in [7, 11) is 1.69. The van der Waals surface area contributed by atoms with E-state index in [1.54, 1.807) is 12.0 Å². The van der Waals surface area contributed by atoms with Crippen LogP contribution in [0.1, 0.15) is 0 Å². The highest BCUT2D eigenvalue weighted by Gasteiger charge is 2.33. The van der Waals surface area contributed by atoms with Crippen LogP contribution in [0, 0.1) is 0 Å². The van der Waals surface area contributed by atoms with Crippen molar-refractivity contribution in [3.05, 3.63) is 72.8 Å². The van der Waals surface area contributed by atoms with Crippen LogP contribution >= 0.6 is 0 Å². The minimum absolute atomic E-state index is 0.0297. The van der Waals surface area contributed by atoms with Gasteiger partial charge in [0.05, 0.1) is 24.2 Å². The number of urea groups is 1. The van der Waals surface area contributed by atoms with Crippen LogP contribution in [0.3, 0.4) is 0 Å². The van der Waals surface area contributed by atoms with E-state index >= 15 is 0 Å². The number of para-hydroxylation sites is 6. The van der Waals surface area contributed by atoms with Crippen LogP contribution in [0.15, 0.2) is 72.8 Å². The number of fused-ring (bicyclic) bond motifs is 2. The zero-order valence-corrected chi connectivity index (χ0v) is 16.8. The van der Waals surface area contributed by atoms with Gasteiger partial charge in [0.25, 0.3) is 0 Å². The van der Waals surface area contributed by atoms with Crippen molar-refractivity contribution in [1.29, 1.82) is 0 Å². The molecule has 1 fully saturated rings. The molecule has 0 unspecified atom stereocenters. The molecule has 30 heavy (non-hydrogen) atoms. The maximum absolute atomic E-state index is 13.6. The summed E-state index contributed by atoms with van der Waals surface area (Å²) < 4.78 is 11.5. The molecule has 1 saturated heterocycles. The van der Waals surface area contributed by atoms with Gasteiger partial charge in [0.15, 0.2) is 11.5 Å². The number of carbonyl (C=O) groups is 1. The molecule has 0 radical (unpaired) electrons. The summed E-state index contributed by atoms with van der Waals surface area (Å²) in [4.78, 5) is 19.5. The van der Waals surface area contributed by atoms with Gasteiger partial charge in [-0.15, -0.1) is 0 Å². The van der Waals surface area contributed by atoms with Crippen LogP contribution in [0.25, 0.3) is 0 Å². The van der Waals surface area contributed by atoms with Gasteiger partial charge < -0.3 is 19.3 Å². The largest absolute Gasteiger partial charge is 0.495 e. The first-order valence-electron chi connectivity index (χ1n) is 10.1. The lowest BCUT2D eigenvalue weighted by Crippen LogP contribution is -2.52. The van der Waals surface area contributed by atoms with Crippen LogP contribution in [0.4, 0.5) is 21.9 Å². The topological polar surface area (TPSA) is 45.2 Å². The second-order valence-electron chi connectivity index (χ2n) is 7.30. The van der Waals surface area contributed by atoms with Crippen molar-refractivity contribution < 1.29 is 14.3 Å². The third-order valence-electron chi connectivity index (χ3n) is 5.60. The Morgan fingerprint density at radius 3 is 1.90 bits per heavy atom. The van der Waals surface area contributed by atoms with Crippen molar-refractivity contribution in [3.63, 3.8) is 0 Å². The fourth-order valence-corrected chi connectivity index (χ4v) is 4.08. The number of amides is 2. The Morgan fingerprint density at radius 2 is 1.30 bits per heavy atom. The first kappa shape index (κ1) is 18.4. The zero-order valence-electron chi connectivity index (χ0n) is 16.8. The molecule has 152 valence electrons. The number of nitrogens with zero attached hydrogens (tertiary/aromatic N) is 3. The number of anilines is 3. The molecule has 3 aromatic carbocycles. The van der Waals surface area contributed by atoms with Gasteiger partial charge in [-0.3, -0.25) is 4.90 Å². The fraction of sp³-hybridized carbons (Fsp3) is 0.208. The third kappa shape index (κ3) is 3.10. The van der Waals surface area contributed by atoms with Gasteiger partial charge in [-0.2, -0.15) is 0 Å². The molecule has 0 spiro atoms. The average Bonchev–Trinajstić information content (AvgIpc) is 2.82. The predicted molar refractivity (Wildman–Crippen MR) is 117 cm³/mol. The highest BCUT2D eigenvalue weighted by Crippen LogP contribution is 2.46. The summed E-state index contributed by atoms with van der Waals surface area (Å²) in [5.41, 5.74) is 2.61. The maximum Gasteiger partial charge on any atom is 0.329 e. The van der Waals surface area contributed by atoms with E-state index in [9.17, 15) is 4.79 Å². The van der Waals surface area contributed by atoms with Crippen LogP contribution in [0.2, 0.25) is 0 Å². The lowest BCUT2D eigenvalue weighted by atomic mass is 10.1. The minimum Gasteiger partial charge on any atom is -0.495 e. The molecule has 6 nitrogen and oxygen atoms in total. The maximum atomic E-state index is 13.6. The molecule has 0 N–H and O–H groups in total. The highest BCUT2D eigenvalue weighted by atomic mass is 16.5. The summed E-state index contributed by atoms with van der Waals surface area (Å²) in [6, 6.07) is 23.3. The molecule has 6 heteroatoms. The van der Waals surface area contributed by atoms with E-state index in [1.165, 1.54) is 0 Å². The molecule has 2 aliphatic rings. The van der Waals surface area contributed by atoms with E-state index in [4.69, 9.17) is 9.47 Å². The van der Waals surface area contributed by atoms with Crippen molar-refractivity contribution in [1.82, 2.24) is 4.90 Å². The van der Waals surface area contributed by atoms with Crippen molar-refractivity contribution in [3.8, 4) is 17.2 Å². The van der Waals surface area contributed by atoms with Gasteiger partial charge in [0.2, 0.25) is 0 Å². The minimum atomic E-state index is -0.0297. The molecular formula is C24H23N3O3. The smallest absolute Gasteiger partial charge is 0.329 e. The molecule has 0 aliphatic carbocycles. The van der Waals surface area contributed by atoms with Crippen LogP contribution in [-0.2, 0) is 0 Å². The van der Waals surface area contributed by atoms with Crippen molar-refractivity contribution in [2.24, 2.45) is 0 Å². The number of benzene rings is 3. The number of carbonyl (C=O) groups excluding carboxylic acids is 1. The van der Waals surface area contributed by atoms with Gasteiger partial charge >= 0.3 is 6.03 Å². The van der Waals surface area contributed by atoms with E-state index in [2.05, 4.69) is 11.0 Å². The monoisotopic (exact) mass is 401 g/mol. The summed E-state index contributed by atoms with van der Waals surface area (Å²) in [6.45, 7) is 2.77. The van der Waals surface area contributed by atoms with E-state index in [-0.39, 0.29) is 6.03 Å². The number of piperazine rings is 1. The second kappa shape index (κ2) is 7.63. The van der Waals surface area contributed by atoms with Crippen molar-refractivity contribution >= 4 is 23.1 Å². The lowest BCUT2D eigenvalue weighted by Gasteiger charge is -2.40. The number of hydrogen-bond acceptors (Lipinski definition) is 4. The summed E-state index contributed by atoms with van der Waals surface area (Å²) >= 11 is 0. The van der Waals surface area contributed by atoms with E-state index < -0.39 is 0 Å². The molecule has 0 bridgehead atoms. The molecule has 0 saturated carbocycles. The number of hydrogen-bond donors (Lipinski definition) is 0. The first-order chi connectivity index (χ1) is 14.8. The second-order valence-corrected chi connectivity index (χ2v) is 7.30. The van der Waals surface area contributed by atoms with Gasteiger partial charge in [-0.25, -0.2) is 4.79 Å². The third-order valence-corrected chi connectivity index (χ3v) is 5.60. The fourth-order valence-electron chi connectivity index (χ4n) is 4.08. The number of ether oxygens (including phenoxy) is 2. The Bertz CT molecular complexity index is 1030. The molecule has 0 atom stereocenters. The molecule has 5 rings (SSSR count). The Morgan fingerprint density at radius 1 is 0.767 bits per heavy atom. The highest BCUT2D eigenvalue weighted by molar-refractivity contribution is 6.03. The summed E-state index contributed by atoms with van der Waals surface area (Å²) in [6.07, 6.45) is 0. The molecule has 3 aromatic rings. The number of methoxy groups -OCH3 is 1. The molecule has 2 aliphatic heterocycles. The van der Waals surface area contributed by atoms with Gasteiger partial charge in [-0.1, -0.05) is 36.4 Å². The SMILES string of the molecule is COc1ccccc1N1CCN(C(=O)N2c3ccccc3Oc3ccccc32)CC1. The number of rotatable bonds is 2. The standard InChI is InChI=1S/C24H23N3O3/c1-29-21-11-5-2-8-18(21)25-14-16-26(17-15-25)24(28)27-19-9-3-6-12-22(19)30-23-13-7-4-10-20(23)27/h2-13H,14-17H2,1H3. The van der Waals surface area contributed by atoms with Gasteiger partial charge in [0.1, 0.15) is 5.75 Å². The summed E-state index contributed by atoms with van der Waals surface area (Å²) in [5.74, 6) is 2.24. The molecule has 0 aromatic heterocycles. The Labute approximate surface area is 175 Å². The Hall–Kier alpha value is -3.67. The predicted octanol–water partition coefficient (Wildman–Crippen LogP) is 4.88. The average molecular weight is 401 g/mol. The van der Waals surface area contributed by atoms with Gasteiger partial charge in [0, 0.05) is 26.2 Å². The lowest BCUT2D eigenvalue weighted by molar-refractivity contribution is 0.203. The quantitative estimate of drug-likeness (QED) is 0.614. The first-order valence-corrected chi connectivity index (χ1v) is 10.1. The normalized spacial score (nSPS) is 15.2. The van der Waals surface area contributed by atoms with Gasteiger partial charge in [-0.05, 0) is 36.4 Å². The Balaban J connectivity index is 1.39. The molecule has 2 amide bonds.